The van der Waals surface area contributed by atoms with Crippen molar-refractivity contribution in [3.8, 4) is 17.2 Å². The molecule has 0 bridgehead atoms. The first-order valence-corrected chi connectivity index (χ1v) is 11.6. The van der Waals surface area contributed by atoms with E-state index in [0.29, 0.717) is 23.7 Å². The predicted octanol–water partition coefficient (Wildman–Crippen LogP) is 6.96. The van der Waals surface area contributed by atoms with E-state index in [2.05, 4.69) is 6.92 Å². The Morgan fingerprint density at radius 1 is 0.781 bits per heavy atom. The first-order chi connectivity index (χ1) is 15.3. The molecule has 174 valence electrons. The molecule has 0 atom stereocenters. The summed E-state index contributed by atoms with van der Waals surface area (Å²) in [4.78, 5) is 23.5. The first-order valence-electron chi connectivity index (χ1n) is 11.2. The second-order valence-electron chi connectivity index (χ2n) is 8.37. The Hall–Kier alpha value is -2.53. The molecule has 0 fully saturated rings. The van der Waals surface area contributed by atoms with Crippen LogP contribution in [0.25, 0.3) is 0 Å². The van der Waals surface area contributed by atoms with E-state index in [4.69, 9.17) is 25.8 Å². The highest BCUT2D eigenvalue weighted by atomic mass is 35.5. The highest BCUT2D eigenvalue weighted by Gasteiger charge is 2.20. The van der Waals surface area contributed by atoms with E-state index in [1.165, 1.54) is 32.1 Å². The molecule has 6 heteroatoms. The number of hydrogen-bond donors (Lipinski definition) is 0. The van der Waals surface area contributed by atoms with E-state index in [9.17, 15) is 9.59 Å². The van der Waals surface area contributed by atoms with Gasteiger partial charge in [-0.2, -0.15) is 0 Å². The van der Waals surface area contributed by atoms with Gasteiger partial charge in [-0.1, -0.05) is 39.0 Å². The van der Waals surface area contributed by atoms with Gasteiger partial charge in [0.25, 0.3) is 0 Å². The van der Waals surface area contributed by atoms with Gasteiger partial charge >= 0.3 is 11.9 Å². The van der Waals surface area contributed by atoms with Crippen LogP contribution < -0.4 is 14.2 Å². The lowest BCUT2D eigenvalue weighted by Crippen LogP contribution is -2.20. The fourth-order valence-corrected chi connectivity index (χ4v) is 3.12. The molecule has 32 heavy (non-hydrogen) atoms. The van der Waals surface area contributed by atoms with Crippen LogP contribution in [0.15, 0.2) is 48.5 Å². The van der Waals surface area contributed by atoms with E-state index < -0.39 is 16.8 Å². The molecular weight excluding hydrogens is 428 g/mol. The Morgan fingerprint density at radius 3 is 1.91 bits per heavy atom. The normalized spacial score (nSPS) is 11.1. The largest absolute Gasteiger partial charge is 0.494 e. The van der Waals surface area contributed by atoms with Gasteiger partial charge in [0.2, 0.25) is 0 Å². The fourth-order valence-electron chi connectivity index (χ4n) is 3.01. The molecule has 0 aliphatic heterocycles. The van der Waals surface area contributed by atoms with Crippen molar-refractivity contribution in [2.75, 3.05) is 6.61 Å². The molecule has 0 heterocycles. The molecule has 0 aromatic heterocycles. The molecule has 2 rings (SSSR count). The number of carbonyl (C=O) groups excluding carboxylic acids is 2. The molecule has 0 aliphatic rings. The van der Waals surface area contributed by atoms with Gasteiger partial charge in [-0.25, -0.2) is 4.79 Å². The maximum Gasteiger partial charge on any atom is 0.343 e. The number of benzene rings is 2. The molecule has 5 nitrogen and oxygen atoms in total. The van der Waals surface area contributed by atoms with Crippen LogP contribution in [0.3, 0.4) is 0 Å². The molecule has 0 amide bonds. The Labute approximate surface area is 196 Å². The molecule has 2 aromatic rings. The van der Waals surface area contributed by atoms with Crippen molar-refractivity contribution in [2.45, 2.75) is 70.6 Å². The van der Waals surface area contributed by atoms with E-state index in [1.54, 1.807) is 62.4 Å². The van der Waals surface area contributed by atoms with Crippen molar-refractivity contribution in [2.24, 2.45) is 0 Å². The van der Waals surface area contributed by atoms with Crippen molar-refractivity contribution in [3.05, 3.63) is 54.1 Å². The summed E-state index contributed by atoms with van der Waals surface area (Å²) >= 11 is 6.03. The van der Waals surface area contributed by atoms with Crippen LogP contribution >= 0.6 is 11.6 Å². The maximum atomic E-state index is 12.4. The zero-order valence-corrected chi connectivity index (χ0v) is 20.0. The quantitative estimate of drug-likeness (QED) is 0.140. The Bertz CT molecular complexity index is 838. The first kappa shape index (κ1) is 25.7. The number of esters is 2. The molecule has 0 saturated carbocycles. The van der Waals surface area contributed by atoms with Gasteiger partial charge in [0.15, 0.2) is 0 Å². The Morgan fingerprint density at radius 2 is 1.31 bits per heavy atom. The summed E-state index contributed by atoms with van der Waals surface area (Å²) in [5.74, 6) is 0.564. The number of unbranched alkanes of at least 4 members (excludes halogenated alkanes) is 5. The number of alkyl halides is 1. The van der Waals surface area contributed by atoms with Crippen molar-refractivity contribution in [1.82, 2.24) is 0 Å². The summed E-state index contributed by atoms with van der Waals surface area (Å²) in [6.07, 6.45) is 7.37. The van der Waals surface area contributed by atoms with Crippen LogP contribution in [0, 0.1) is 0 Å². The number of carbonyl (C=O) groups is 2. The van der Waals surface area contributed by atoms with Crippen molar-refractivity contribution in [1.29, 1.82) is 0 Å². The minimum atomic E-state index is -0.665. The second-order valence-corrected chi connectivity index (χ2v) is 9.39. The molecule has 0 saturated heterocycles. The third-order valence-electron chi connectivity index (χ3n) is 4.69. The van der Waals surface area contributed by atoms with Gasteiger partial charge in [-0.15, -0.1) is 11.6 Å². The average Bonchev–Trinajstić information content (AvgIpc) is 2.73. The van der Waals surface area contributed by atoms with Crippen molar-refractivity contribution >= 4 is 23.5 Å². The monoisotopic (exact) mass is 460 g/mol. The van der Waals surface area contributed by atoms with E-state index >= 15 is 0 Å². The Kier molecular flexibility index (Phi) is 10.5. The van der Waals surface area contributed by atoms with Gasteiger partial charge in [0, 0.05) is 4.87 Å². The smallest absolute Gasteiger partial charge is 0.343 e. The number of hydrogen-bond acceptors (Lipinski definition) is 5. The molecule has 0 N–H and O–H groups in total. The SMILES string of the molecule is CCCCCCCCOc1ccc(C(=O)Oc2ccc(OC(=O)CC(C)(C)Cl)cc2)cc1. The summed E-state index contributed by atoms with van der Waals surface area (Å²) in [5, 5.41) is 0. The zero-order chi connectivity index (χ0) is 23.4. The molecule has 0 spiro atoms. The second kappa shape index (κ2) is 13.1. The van der Waals surface area contributed by atoms with Gasteiger partial charge in [0.05, 0.1) is 18.6 Å². The summed E-state index contributed by atoms with van der Waals surface area (Å²) in [6.45, 7) is 6.37. The third kappa shape index (κ3) is 10.2. The van der Waals surface area contributed by atoms with E-state index in [0.717, 1.165) is 12.2 Å². The van der Waals surface area contributed by atoms with Gasteiger partial charge in [-0.05, 0) is 68.8 Å². The maximum absolute atomic E-state index is 12.4. The van der Waals surface area contributed by atoms with Crippen LogP contribution in [-0.2, 0) is 4.79 Å². The summed E-state index contributed by atoms with van der Waals surface area (Å²) in [7, 11) is 0. The zero-order valence-electron chi connectivity index (χ0n) is 19.2. The molecule has 0 aliphatic carbocycles. The molecule has 0 radical (unpaired) electrons. The molecular formula is C26H33ClO5. The number of ether oxygens (including phenoxy) is 3. The van der Waals surface area contributed by atoms with Gasteiger partial charge in [0.1, 0.15) is 17.2 Å². The van der Waals surface area contributed by atoms with Crippen molar-refractivity contribution < 1.29 is 23.8 Å². The minimum absolute atomic E-state index is 0.0873. The van der Waals surface area contributed by atoms with Crippen LogP contribution in [-0.4, -0.2) is 23.4 Å². The van der Waals surface area contributed by atoms with Crippen LogP contribution in [0.1, 0.15) is 76.1 Å². The number of halogens is 1. The van der Waals surface area contributed by atoms with Crippen LogP contribution in [0.2, 0.25) is 0 Å². The lowest BCUT2D eigenvalue weighted by atomic mass is 10.1. The van der Waals surface area contributed by atoms with Gasteiger partial charge in [-0.3, -0.25) is 4.79 Å². The van der Waals surface area contributed by atoms with Crippen molar-refractivity contribution in [3.63, 3.8) is 0 Å². The standard InChI is InChI=1S/C26H33ClO5/c1-4-5-6-7-8-9-18-30-21-12-10-20(11-13-21)25(29)32-23-16-14-22(15-17-23)31-24(28)19-26(2,3)27/h10-17H,4-9,18-19H2,1-3H3. The molecule has 2 aromatic carbocycles. The topological polar surface area (TPSA) is 61.8 Å². The average molecular weight is 461 g/mol. The lowest BCUT2D eigenvalue weighted by molar-refractivity contribution is -0.134. The number of rotatable bonds is 13. The highest BCUT2D eigenvalue weighted by Crippen LogP contribution is 2.22. The van der Waals surface area contributed by atoms with E-state index in [-0.39, 0.29) is 6.42 Å². The Balaban J connectivity index is 1.77. The van der Waals surface area contributed by atoms with Gasteiger partial charge < -0.3 is 14.2 Å². The predicted molar refractivity (Wildman–Crippen MR) is 127 cm³/mol. The lowest BCUT2D eigenvalue weighted by Gasteiger charge is -2.14. The third-order valence-corrected chi connectivity index (χ3v) is 4.82. The summed E-state index contributed by atoms with van der Waals surface area (Å²) < 4.78 is 16.4. The minimum Gasteiger partial charge on any atom is -0.494 e. The van der Waals surface area contributed by atoms with Crippen LogP contribution in [0.4, 0.5) is 0 Å². The highest BCUT2D eigenvalue weighted by molar-refractivity contribution is 6.24. The fraction of sp³-hybridized carbons (Fsp3) is 0.462. The summed E-state index contributed by atoms with van der Waals surface area (Å²) in [6, 6.07) is 13.2. The van der Waals surface area contributed by atoms with Crippen LogP contribution in [0.5, 0.6) is 17.2 Å². The van der Waals surface area contributed by atoms with E-state index in [1.807, 2.05) is 0 Å². The summed E-state index contributed by atoms with van der Waals surface area (Å²) in [5.41, 5.74) is 0.428. The molecule has 0 unspecified atom stereocenters.